The molecule has 0 fully saturated rings. The fourth-order valence-corrected chi connectivity index (χ4v) is 5.65. The SMILES string of the molecule is C[C@@H](Nc1oc(-c2ccc(S(=O)(=O)N3CCc4ccccc4C3)cc2)nc1C#N)c1ccccc1. The van der Waals surface area contributed by atoms with Crippen LogP contribution in [0.5, 0.6) is 0 Å². The van der Waals surface area contributed by atoms with Crippen molar-refractivity contribution in [1.82, 2.24) is 9.29 Å². The summed E-state index contributed by atoms with van der Waals surface area (Å²) in [4.78, 5) is 4.51. The second kappa shape index (κ2) is 9.37. The van der Waals surface area contributed by atoms with Crippen molar-refractivity contribution in [2.75, 3.05) is 11.9 Å². The van der Waals surface area contributed by atoms with Crippen LogP contribution in [0.15, 0.2) is 88.2 Å². The zero-order chi connectivity index (χ0) is 24.4. The average molecular weight is 485 g/mol. The Labute approximate surface area is 204 Å². The van der Waals surface area contributed by atoms with Gasteiger partial charge in [0.1, 0.15) is 6.07 Å². The van der Waals surface area contributed by atoms with Gasteiger partial charge in [-0.2, -0.15) is 14.6 Å². The van der Waals surface area contributed by atoms with Crippen LogP contribution in [0, 0.1) is 11.3 Å². The zero-order valence-corrected chi connectivity index (χ0v) is 20.0. The molecule has 0 aliphatic carbocycles. The maximum Gasteiger partial charge on any atom is 0.243 e. The quantitative estimate of drug-likeness (QED) is 0.407. The maximum atomic E-state index is 13.2. The molecule has 1 aliphatic heterocycles. The Morgan fingerprint density at radius 2 is 1.69 bits per heavy atom. The van der Waals surface area contributed by atoms with Crippen molar-refractivity contribution < 1.29 is 12.8 Å². The van der Waals surface area contributed by atoms with Gasteiger partial charge in [0, 0.05) is 18.7 Å². The van der Waals surface area contributed by atoms with Gasteiger partial charge in [0.2, 0.25) is 27.5 Å². The van der Waals surface area contributed by atoms with E-state index in [9.17, 15) is 13.7 Å². The molecule has 0 saturated carbocycles. The summed E-state index contributed by atoms with van der Waals surface area (Å²) in [6, 6.07) is 26.1. The third kappa shape index (κ3) is 4.56. The lowest BCUT2D eigenvalue weighted by Crippen LogP contribution is -2.35. The van der Waals surface area contributed by atoms with Gasteiger partial charge in [-0.25, -0.2) is 8.42 Å². The molecule has 0 spiro atoms. The van der Waals surface area contributed by atoms with Gasteiger partial charge in [0.25, 0.3) is 0 Å². The lowest BCUT2D eigenvalue weighted by Gasteiger charge is -2.28. The minimum absolute atomic E-state index is 0.0914. The number of aromatic nitrogens is 1. The Balaban J connectivity index is 1.36. The first kappa shape index (κ1) is 22.8. The minimum atomic E-state index is -3.64. The van der Waals surface area contributed by atoms with Gasteiger partial charge in [-0.15, -0.1) is 0 Å². The van der Waals surface area contributed by atoms with E-state index < -0.39 is 10.0 Å². The van der Waals surface area contributed by atoms with E-state index in [4.69, 9.17) is 4.42 Å². The van der Waals surface area contributed by atoms with Crippen LogP contribution in [0.1, 0.15) is 35.3 Å². The molecule has 1 aliphatic rings. The van der Waals surface area contributed by atoms with E-state index in [0.29, 0.717) is 25.1 Å². The molecule has 7 nitrogen and oxygen atoms in total. The molecule has 0 amide bonds. The van der Waals surface area contributed by atoms with Crippen LogP contribution in [0.2, 0.25) is 0 Å². The van der Waals surface area contributed by atoms with Crippen LogP contribution in [0.25, 0.3) is 11.5 Å². The Morgan fingerprint density at radius 3 is 2.40 bits per heavy atom. The van der Waals surface area contributed by atoms with Gasteiger partial charge < -0.3 is 9.73 Å². The van der Waals surface area contributed by atoms with Crippen molar-refractivity contribution in [1.29, 1.82) is 5.26 Å². The number of sulfonamides is 1. The molecule has 1 aromatic heterocycles. The first-order valence-electron chi connectivity index (χ1n) is 11.4. The summed E-state index contributed by atoms with van der Waals surface area (Å²) in [6.45, 7) is 2.78. The van der Waals surface area contributed by atoms with Crippen molar-refractivity contribution in [3.8, 4) is 17.5 Å². The van der Waals surface area contributed by atoms with Crippen molar-refractivity contribution in [2.24, 2.45) is 0 Å². The second-order valence-electron chi connectivity index (χ2n) is 8.47. The second-order valence-corrected chi connectivity index (χ2v) is 10.4. The number of benzene rings is 3. The molecule has 5 rings (SSSR count). The maximum absolute atomic E-state index is 13.2. The molecule has 0 saturated heterocycles. The van der Waals surface area contributed by atoms with Crippen LogP contribution in [-0.2, 0) is 23.0 Å². The topological polar surface area (TPSA) is 99.2 Å². The molecule has 4 aromatic rings. The largest absolute Gasteiger partial charge is 0.419 e. The first-order chi connectivity index (χ1) is 17.0. The van der Waals surface area contributed by atoms with Crippen LogP contribution >= 0.6 is 0 Å². The number of anilines is 1. The van der Waals surface area contributed by atoms with Crippen LogP contribution in [0.4, 0.5) is 5.88 Å². The van der Waals surface area contributed by atoms with Gasteiger partial charge in [0.05, 0.1) is 10.9 Å². The summed E-state index contributed by atoms with van der Waals surface area (Å²) in [5.74, 6) is 0.530. The van der Waals surface area contributed by atoms with Crippen molar-refractivity contribution in [3.05, 3.63) is 101 Å². The summed E-state index contributed by atoms with van der Waals surface area (Å²) in [5.41, 5.74) is 4.01. The molecule has 35 heavy (non-hydrogen) atoms. The summed E-state index contributed by atoms with van der Waals surface area (Å²) in [6.07, 6.45) is 0.692. The number of rotatable bonds is 6. The number of nitrogens with one attached hydrogen (secondary N) is 1. The number of fused-ring (bicyclic) bond motifs is 1. The van der Waals surface area contributed by atoms with Crippen LogP contribution in [0.3, 0.4) is 0 Å². The van der Waals surface area contributed by atoms with Crippen molar-refractivity contribution >= 4 is 15.9 Å². The lowest BCUT2D eigenvalue weighted by atomic mass is 10.0. The Hall–Kier alpha value is -3.93. The molecule has 1 atom stereocenters. The predicted molar refractivity (Wildman–Crippen MR) is 133 cm³/mol. The Bertz CT molecular complexity index is 1490. The number of oxazole rings is 1. The molecule has 2 heterocycles. The number of nitrogens with zero attached hydrogens (tertiary/aromatic N) is 3. The average Bonchev–Trinajstić information content (AvgIpc) is 3.31. The van der Waals surface area contributed by atoms with Gasteiger partial charge in [0.15, 0.2) is 0 Å². The highest BCUT2D eigenvalue weighted by Crippen LogP contribution is 2.30. The molecule has 176 valence electrons. The highest BCUT2D eigenvalue weighted by atomic mass is 32.2. The summed E-state index contributed by atoms with van der Waals surface area (Å²) in [7, 11) is -3.64. The van der Waals surface area contributed by atoms with Gasteiger partial charge >= 0.3 is 0 Å². The van der Waals surface area contributed by atoms with Crippen LogP contribution < -0.4 is 5.32 Å². The van der Waals surface area contributed by atoms with Gasteiger partial charge in [-0.05, 0) is 54.3 Å². The molecular weight excluding hydrogens is 460 g/mol. The van der Waals surface area contributed by atoms with Crippen molar-refractivity contribution in [3.63, 3.8) is 0 Å². The highest BCUT2D eigenvalue weighted by Gasteiger charge is 2.28. The van der Waals surface area contributed by atoms with Gasteiger partial charge in [-0.1, -0.05) is 54.6 Å². The molecule has 8 heteroatoms. The standard InChI is InChI=1S/C27H24N4O3S/c1-19(20-7-3-2-4-8-20)29-27-25(17-28)30-26(34-27)22-11-13-24(14-12-22)35(32,33)31-16-15-21-9-5-6-10-23(21)18-31/h2-14,19,29H,15-16,18H2,1H3/t19-/m1/s1. The fourth-order valence-electron chi connectivity index (χ4n) is 4.23. The van der Waals surface area contributed by atoms with E-state index >= 15 is 0 Å². The molecule has 0 unspecified atom stereocenters. The molecule has 3 aromatic carbocycles. The van der Waals surface area contributed by atoms with Crippen molar-refractivity contribution in [2.45, 2.75) is 30.8 Å². The number of hydrogen-bond donors (Lipinski definition) is 1. The van der Waals surface area contributed by atoms with E-state index in [0.717, 1.165) is 11.1 Å². The number of nitriles is 1. The molecule has 0 bridgehead atoms. The predicted octanol–water partition coefficient (Wildman–Crippen LogP) is 5.13. The van der Waals surface area contributed by atoms with E-state index in [2.05, 4.69) is 16.4 Å². The Kier molecular flexibility index (Phi) is 6.12. The van der Waals surface area contributed by atoms with Crippen LogP contribution in [-0.4, -0.2) is 24.3 Å². The van der Waals surface area contributed by atoms with E-state index in [-0.39, 0.29) is 28.4 Å². The summed E-state index contributed by atoms with van der Waals surface area (Å²) < 4.78 is 33.8. The minimum Gasteiger partial charge on any atom is -0.419 e. The molecule has 0 radical (unpaired) electrons. The number of hydrogen-bond acceptors (Lipinski definition) is 6. The highest BCUT2D eigenvalue weighted by molar-refractivity contribution is 7.89. The summed E-state index contributed by atoms with van der Waals surface area (Å²) >= 11 is 0. The lowest BCUT2D eigenvalue weighted by molar-refractivity contribution is 0.391. The smallest absolute Gasteiger partial charge is 0.243 e. The Morgan fingerprint density at radius 1 is 1.00 bits per heavy atom. The van der Waals surface area contributed by atoms with E-state index in [1.54, 1.807) is 24.3 Å². The van der Waals surface area contributed by atoms with E-state index in [1.807, 2.05) is 61.5 Å². The zero-order valence-electron chi connectivity index (χ0n) is 19.2. The first-order valence-corrected chi connectivity index (χ1v) is 12.8. The monoisotopic (exact) mass is 484 g/mol. The summed E-state index contributed by atoms with van der Waals surface area (Å²) in [5, 5.41) is 12.7. The third-order valence-corrected chi connectivity index (χ3v) is 8.07. The molecule has 1 N–H and O–H groups in total. The molecular formula is C27H24N4O3S. The van der Waals surface area contributed by atoms with Gasteiger partial charge in [-0.3, -0.25) is 0 Å². The fraction of sp³-hybridized carbons (Fsp3) is 0.185. The van der Waals surface area contributed by atoms with E-state index in [1.165, 1.54) is 9.87 Å². The normalized spacial score (nSPS) is 14.6. The third-order valence-electron chi connectivity index (χ3n) is 6.21.